The van der Waals surface area contributed by atoms with Crippen LogP contribution in [0.3, 0.4) is 0 Å². The van der Waals surface area contributed by atoms with E-state index >= 15 is 0 Å². The quantitative estimate of drug-likeness (QED) is 0.852. The molecular formula is C12H9BrClNO. The van der Waals surface area contributed by atoms with Crippen LogP contribution in [0.2, 0.25) is 5.02 Å². The molecule has 0 atom stereocenters. The van der Waals surface area contributed by atoms with Gasteiger partial charge in [-0.3, -0.25) is 0 Å². The van der Waals surface area contributed by atoms with Crippen LogP contribution in [0.25, 0.3) is 0 Å². The standard InChI is InChI=1S/C12H9BrClNO/c13-10-3-1-2-9(6-10)8-16-12-5-4-11(14)7-15-12/h1-7H,8H2. The SMILES string of the molecule is Clc1ccc(OCc2cccc(Br)c2)nc1. The van der Waals surface area contributed by atoms with Crippen LogP contribution >= 0.6 is 27.5 Å². The van der Waals surface area contributed by atoms with Crippen LogP contribution in [0.15, 0.2) is 47.1 Å². The molecule has 0 aliphatic carbocycles. The second-order valence-corrected chi connectivity index (χ2v) is 4.59. The fraction of sp³-hybridized carbons (Fsp3) is 0.0833. The lowest BCUT2D eigenvalue weighted by Crippen LogP contribution is -1.96. The maximum absolute atomic E-state index is 5.73. The Bertz CT molecular complexity index is 473. The zero-order valence-electron chi connectivity index (χ0n) is 8.36. The van der Waals surface area contributed by atoms with Crippen LogP contribution in [0, 0.1) is 0 Å². The van der Waals surface area contributed by atoms with Gasteiger partial charge in [0.25, 0.3) is 0 Å². The van der Waals surface area contributed by atoms with Gasteiger partial charge in [-0.25, -0.2) is 4.98 Å². The minimum Gasteiger partial charge on any atom is -0.473 e. The lowest BCUT2D eigenvalue weighted by molar-refractivity contribution is 0.294. The monoisotopic (exact) mass is 297 g/mol. The van der Waals surface area contributed by atoms with E-state index in [4.69, 9.17) is 16.3 Å². The molecule has 1 heterocycles. The second kappa shape index (κ2) is 5.32. The van der Waals surface area contributed by atoms with Crippen molar-refractivity contribution >= 4 is 27.5 Å². The largest absolute Gasteiger partial charge is 0.473 e. The fourth-order valence-electron chi connectivity index (χ4n) is 1.23. The Morgan fingerprint density at radius 3 is 2.81 bits per heavy atom. The molecule has 0 saturated heterocycles. The summed E-state index contributed by atoms with van der Waals surface area (Å²) in [4.78, 5) is 4.05. The number of aromatic nitrogens is 1. The third-order valence-corrected chi connectivity index (χ3v) is 2.69. The van der Waals surface area contributed by atoms with Crippen molar-refractivity contribution in [1.29, 1.82) is 0 Å². The molecule has 2 rings (SSSR count). The van der Waals surface area contributed by atoms with Gasteiger partial charge in [0.1, 0.15) is 6.61 Å². The molecule has 0 saturated carbocycles. The summed E-state index contributed by atoms with van der Waals surface area (Å²) in [6, 6.07) is 11.5. The molecule has 0 spiro atoms. The average molecular weight is 299 g/mol. The van der Waals surface area contributed by atoms with Crippen LogP contribution < -0.4 is 4.74 Å². The molecule has 16 heavy (non-hydrogen) atoms. The highest BCUT2D eigenvalue weighted by molar-refractivity contribution is 9.10. The summed E-state index contributed by atoms with van der Waals surface area (Å²) >= 11 is 9.13. The predicted molar refractivity (Wildman–Crippen MR) is 67.7 cm³/mol. The van der Waals surface area contributed by atoms with E-state index in [-0.39, 0.29) is 0 Å². The first kappa shape index (κ1) is 11.4. The minimum absolute atomic E-state index is 0.494. The Morgan fingerprint density at radius 2 is 2.12 bits per heavy atom. The Kier molecular flexibility index (Phi) is 3.80. The van der Waals surface area contributed by atoms with Crippen molar-refractivity contribution < 1.29 is 4.74 Å². The van der Waals surface area contributed by atoms with Gasteiger partial charge in [-0.05, 0) is 23.8 Å². The fourth-order valence-corrected chi connectivity index (χ4v) is 1.79. The Labute approximate surface area is 107 Å². The van der Waals surface area contributed by atoms with Crippen molar-refractivity contribution in [3.05, 3.63) is 57.7 Å². The van der Waals surface area contributed by atoms with Crippen molar-refractivity contribution in [2.24, 2.45) is 0 Å². The van der Waals surface area contributed by atoms with E-state index in [9.17, 15) is 0 Å². The summed E-state index contributed by atoms with van der Waals surface area (Å²) in [5.74, 6) is 0.573. The van der Waals surface area contributed by atoms with Gasteiger partial charge in [0.15, 0.2) is 0 Å². The van der Waals surface area contributed by atoms with Crippen molar-refractivity contribution in [2.45, 2.75) is 6.61 Å². The van der Waals surface area contributed by atoms with Gasteiger partial charge < -0.3 is 4.74 Å². The molecule has 2 aromatic rings. The first-order valence-corrected chi connectivity index (χ1v) is 5.90. The number of pyridine rings is 1. The Morgan fingerprint density at radius 1 is 1.25 bits per heavy atom. The minimum atomic E-state index is 0.494. The summed E-state index contributed by atoms with van der Waals surface area (Å²) in [6.07, 6.45) is 1.57. The smallest absolute Gasteiger partial charge is 0.213 e. The molecule has 2 nitrogen and oxygen atoms in total. The topological polar surface area (TPSA) is 22.1 Å². The van der Waals surface area contributed by atoms with Gasteiger partial charge in [-0.2, -0.15) is 0 Å². The molecule has 1 aromatic heterocycles. The van der Waals surface area contributed by atoms with E-state index in [0.29, 0.717) is 17.5 Å². The van der Waals surface area contributed by atoms with Crippen molar-refractivity contribution in [3.63, 3.8) is 0 Å². The van der Waals surface area contributed by atoms with E-state index in [2.05, 4.69) is 20.9 Å². The lowest BCUT2D eigenvalue weighted by Gasteiger charge is -2.05. The zero-order chi connectivity index (χ0) is 11.4. The van der Waals surface area contributed by atoms with E-state index in [0.717, 1.165) is 10.0 Å². The van der Waals surface area contributed by atoms with Crippen molar-refractivity contribution in [2.75, 3.05) is 0 Å². The number of ether oxygens (including phenoxy) is 1. The van der Waals surface area contributed by atoms with Gasteiger partial charge >= 0.3 is 0 Å². The molecule has 82 valence electrons. The summed E-state index contributed by atoms with van der Waals surface area (Å²) in [5, 5.41) is 0.606. The molecule has 0 amide bonds. The second-order valence-electron chi connectivity index (χ2n) is 3.23. The molecule has 0 aliphatic heterocycles. The zero-order valence-corrected chi connectivity index (χ0v) is 10.7. The van der Waals surface area contributed by atoms with Gasteiger partial charge in [0, 0.05) is 16.7 Å². The molecule has 0 unspecified atom stereocenters. The van der Waals surface area contributed by atoms with E-state index in [1.165, 1.54) is 0 Å². The van der Waals surface area contributed by atoms with Crippen LogP contribution in [-0.4, -0.2) is 4.98 Å². The van der Waals surface area contributed by atoms with Gasteiger partial charge in [-0.15, -0.1) is 0 Å². The van der Waals surface area contributed by atoms with Crippen LogP contribution in [0.1, 0.15) is 5.56 Å². The normalized spacial score (nSPS) is 10.1. The third-order valence-electron chi connectivity index (χ3n) is 1.98. The average Bonchev–Trinajstić information content (AvgIpc) is 2.28. The molecule has 0 bridgehead atoms. The van der Waals surface area contributed by atoms with Crippen LogP contribution in [-0.2, 0) is 6.61 Å². The lowest BCUT2D eigenvalue weighted by atomic mass is 10.2. The maximum atomic E-state index is 5.73. The molecule has 0 N–H and O–H groups in total. The van der Waals surface area contributed by atoms with Crippen LogP contribution in [0.5, 0.6) is 5.88 Å². The number of halogens is 2. The number of benzene rings is 1. The first-order valence-electron chi connectivity index (χ1n) is 4.73. The summed E-state index contributed by atoms with van der Waals surface area (Å²) in [7, 11) is 0. The highest BCUT2D eigenvalue weighted by Gasteiger charge is 1.97. The summed E-state index contributed by atoms with van der Waals surface area (Å²) in [6.45, 7) is 0.494. The number of nitrogens with zero attached hydrogens (tertiary/aromatic N) is 1. The molecule has 0 radical (unpaired) electrons. The highest BCUT2D eigenvalue weighted by Crippen LogP contribution is 2.15. The molecule has 0 aliphatic rings. The van der Waals surface area contributed by atoms with Crippen molar-refractivity contribution in [3.8, 4) is 5.88 Å². The van der Waals surface area contributed by atoms with E-state index < -0.39 is 0 Å². The molecule has 4 heteroatoms. The highest BCUT2D eigenvalue weighted by atomic mass is 79.9. The van der Waals surface area contributed by atoms with Gasteiger partial charge in [0.05, 0.1) is 5.02 Å². The number of hydrogen-bond donors (Lipinski definition) is 0. The van der Waals surface area contributed by atoms with E-state index in [1.807, 2.05) is 24.3 Å². The maximum Gasteiger partial charge on any atom is 0.213 e. The van der Waals surface area contributed by atoms with Gasteiger partial charge in [0.2, 0.25) is 5.88 Å². The Hall–Kier alpha value is -1.06. The number of hydrogen-bond acceptors (Lipinski definition) is 2. The van der Waals surface area contributed by atoms with Gasteiger partial charge in [-0.1, -0.05) is 39.7 Å². The number of rotatable bonds is 3. The first-order chi connectivity index (χ1) is 7.74. The molecule has 0 fully saturated rings. The molecule has 1 aromatic carbocycles. The summed E-state index contributed by atoms with van der Waals surface area (Å²) < 4.78 is 6.55. The van der Waals surface area contributed by atoms with Crippen LogP contribution in [0.4, 0.5) is 0 Å². The van der Waals surface area contributed by atoms with Crippen molar-refractivity contribution in [1.82, 2.24) is 4.98 Å². The summed E-state index contributed by atoms with van der Waals surface area (Å²) in [5.41, 5.74) is 1.09. The predicted octanol–water partition coefficient (Wildman–Crippen LogP) is 4.08. The molecular weight excluding hydrogens is 289 g/mol. The third kappa shape index (κ3) is 3.22. The Balaban J connectivity index is 1.99. The van der Waals surface area contributed by atoms with E-state index in [1.54, 1.807) is 18.3 Å².